The molecule has 0 aromatic heterocycles. The minimum absolute atomic E-state index is 0. The lowest BCUT2D eigenvalue weighted by atomic mass is 10.1. The molecule has 1 heterocycles. The van der Waals surface area contributed by atoms with Crippen LogP contribution in [0, 0.1) is 10.1 Å². The summed E-state index contributed by atoms with van der Waals surface area (Å²) in [5.41, 5.74) is 0.0262. The molecule has 1 unspecified atom stereocenters. The van der Waals surface area contributed by atoms with Gasteiger partial charge in [0.25, 0.3) is 11.6 Å². The van der Waals surface area contributed by atoms with Gasteiger partial charge < -0.3 is 10.6 Å². The zero-order valence-electron chi connectivity index (χ0n) is 9.89. The van der Waals surface area contributed by atoms with Crippen molar-refractivity contribution in [1.82, 2.24) is 10.6 Å². The Labute approximate surface area is 121 Å². The first-order valence-electron chi connectivity index (χ1n) is 5.53. The fourth-order valence-electron chi connectivity index (χ4n) is 1.86. The Kier molecular flexibility index (Phi) is 5.53. The summed E-state index contributed by atoms with van der Waals surface area (Å²) in [7, 11) is 0. The first-order chi connectivity index (χ1) is 8.56. The van der Waals surface area contributed by atoms with Gasteiger partial charge in [0, 0.05) is 35.3 Å². The van der Waals surface area contributed by atoms with Crippen molar-refractivity contribution in [1.29, 1.82) is 0 Å². The predicted molar refractivity (Wildman–Crippen MR) is 74.1 cm³/mol. The standard InChI is InChI=1S/C11H12ClN3O3.ClH/c12-8-3-7(4-10(5-8)15(17)18)11(16)14-9-1-2-13-6-9;/h3-5,9,13H,1-2,6H2,(H,14,16);1H. The monoisotopic (exact) mass is 305 g/mol. The van der Waals surface area contributed by atoms with E-state index in [1.165, 1.54) is 18.2 Å². The summed E-state index contributed by atoms with van der Waals surface area (Å²) in [5, 5.41) is 16.8. The van der Waals surface area contributed by atoms with Crippen LogP contribution in [0.4, 0.5) is 5.69 Å². The Bertz CT molecular complexity index is 490. The second-order valence-corrected chi connectivity index (χ2v) is 4.55. The molecule has 1 atom stereocenters. The minimum Gasteiger partial charge on any atom is -0.348 e. The molecule has 0 radical (unpaired) electrons. The van der Waals surface area contributed by atoms with Gasteiger partial charge in [-0.15, -0.1) is 12.4 Å². The largest absolute Gasteiger partial charge is 0.348 e. The summed E-state index contributed by atoms with van der Waals surface area (Å²) in [6.45, 7) is 1.58. The third-order valence-corrected chi connectivity index (χ3v) is 2.97. The molecule has 1 aromatic rings. The zero-order chi connectivity index (χ0) is 13.1. The molecule has 1 saturated heterocycles. The Morgan fingerprint density at radius 2 is 2.21 bits per heavy atom. The first kappa shape index (κ1) is 15.7. The first-order valence-corrected chi connectivity index (χ1v) is 5.90. The molecule has 1 aromatic carbocycles. The third-order valence-electron chi connectivity index (χ3n) is 2.75. The summed E-state index contributed by atoms with van der Waals surface area (Å²) < 4.78 is 0. The fourth-order valence-corrected chi connectivity index (χ4v) is 2.09. The third kappa shape index (κ3) is 4.05. The van der Waals surface area contributed by atoms with Gasteiger partial charge in [-0.25, -0.2) is 0 Å². The molecule has 0 spiro atoms. The number of rotatable bonds is 3. The van der Waals surface area contributed by atoms with Crippen LogP contribution >= 0.6 is 24.0 Å². The molecule has 6 nitrogen and oxygen atoms in total. The summed E-state index contributed by atoms with van der Waals surface area (Å²) in [5.74, 6) is -0.339. The maximum atomic E-state index is 11.9. The summed E-state index contributed by atoms with van der Waals surface area (Å²) in [6, 6.07) is 3.93. The molecular formula is C11H13Cl2N3O3. The number of carbonyl (C=O) groups excluding carboxylic acids is 1. The quantitative estimate of drug-likeness (QED) is 0.658. The van der Waals surface area contributed by atoms with Crippen LogP contribution in [-0.4, -0.2) is 30.0 Å². The van der Waals surface area contributed by atoms with Crippen LogP contribution < -0.4 is 10.6 Å². The van der Waals surface area contributed by atoms with E-state index in [2.05, 4.69) is 10.6 Å². The number of hydrogen-bond acceptors (Lipinski definition) is 4. The van der Waals surface area contributed by atoms with Gasteiger partial charge in [0.1, 0.15) is 0 Å². The van der Waals surface area contributed by atoms with Crippen molar-refractivity contribution in [3.8, 4) is 0 Å². The molecule has 1 aliphatic rings. The van der Waals surface area contributed by atoms with Crippen LogP contribution in [0.1, 0.15) is 16.8 Å². The van der Waals surface area contributed by atoms with Crippen LogP contribution in [0.25, 0.3) is 0 Å². The van der Waals surface area contributed by atoms with Crippen molar-refractivity contribution in [2.75, 3.05) is 13.1 Å². The fraction of sp³-hybridized carbons (Fsp3) is 0.364. The van der Waals surface area contributed by atoms with Crippen LogP contribution in [0.5, 0.6) is 0 Å². The van der Waals surface area contributed by atoms with Crippen LogP contribution in [0.15, 0.2) is 18.2 Å². The topological polar surface area (TPSA) is 84.3 Å². The highest BCUT2D eigenvalue weighted by atomic mass is 35.5. The Morgan fingerprint density at radius 3 is 2.79 bits per heavy atom. The van der Waals surface area contributed by atoms with Crippen molar-refractivity contribution < 1.29 is 9.72 Å². The number of hydrogen-bond donors (Lipinski definition) is 2. The van der Waals surface area contributed by atoms with E-state index in [1.807, 2.05) is 0 Å². The Hall–Kier alpha value is -1.37. The maximum absolute atomic E-state index is 11.9. The van der Waals surface area contributed by atoms with Gasteiger partial charge in [-0.1, -0.05) is 11.6 Å². The second kappa shape index (κ2) is 6.70. The number of nitrogens with one attached hydrogen (secondary N) is 2. The molecule has 19 heavy (non-hydrogen) atoms. The molecule has 0 aliphatic carbocycles. The molecule has 1 fully saturated rings. The molecule has 2 rings (SSSR count). The summed E-state index contributed by atoms with van der Waals surface area (Å²) >= 11 is 5.76. The van der Waals surface area contributed by atoms with Gasteiger partial charge in [-0.05, 0) is 19.0 Å². The molecule has 0 saturated carbocycles. The van der Waals surface area contributed by atoms with Crippen molar-refractivity contribution in [3.05, 3.63) is 38.9 Å². The predicted octanol–water partition coefficient (Wildman–Crippen LogP) is 1.76. The number of benzene rings is 1. The SMILES string of the molecule is Cl.O=C(NC1CCNC1)c1cc(Cl)cc([N+](=O)[O-])c1. The van der Waals surface area contributed by atoms with Crippen molar-refractivity contribution in [3.63, 3.8) is 0 Å². The number of nitro benzene ring substituents is 1. The number of non-ortho nitro benzene ring substituents is 1. The van der Waals surface area contributed by atoms with Crippen LogP contribution in [0.2, 0.25) is 5.02 Å². The van der Waals surface area contributed by atoms with Gasteiger partial charge in [0.15, 0.2) is 0 Å². The highest BCUT2D eigenvalue weighted by Crippen LogP contribution is 2.21. The van der Waals surface area contributed by atoms with E-state index < -0.39 is 4.92 Å². The number of halogens is 2. The van der Waals surface area contributed by atoms with E-state index in [4.69, 9.17) is 11.6 Å². The smallest absolute Gasteiger partial charge is 0.271 e. The van der Waals surface area contributed by atoms with Crippen molar-refractivity contribution >= 4 is 35.6 Å². The second-order valence-electron chi connectivity index (χ2n) is 4.12. The molecule has 0 bridgehead atoms. The van der Waals surface area contributed by atoms with Gasteiger partial charge in [0.05, 0.1) is 4.92 Å². The molecule has 2 N–H and O–H groups in total. The van der Waals surface area contributed by atoms with E-state index in [0.29, 0.717) is 6.54 Å². The van der Waals surface area contributed by atoms with E-state index in [-0.39, 0.29) is 40.6 Å². The Morgan fingerprint density at radius 1 is 1.47 bits per heavy atom. The lowest BCUT2D eigenvalue weighted by molar-refractivity contribution is -0.384. The Balaban J connectivity index is 0.00000180. The summed E-state index contributed by atoms with van der Waals surface area (Å²) in [4.78, 5) is 22.0. The van der Waals surface area contributed by atoms with Gasteiger partial charge in [0.2, 0.25) is 0 Å². The highest BCUT2D eigenvalue weighted by Gasteiger charge is 2.19. The van der Waals surface area contributed by atoms with E-state index in [0.717, 1.165) is 13.0 Å². The van der Waals surface area contributed by atoms with Crippen LogP contribution in [-0.2, 0) is 0 Å². The minimum atomic E-state index is -0.570. The van der Waals surface area contributed by atoms with E-state index >= 15 is 0 Å². The number of nitro groups is 1. The highest BCUT2D eigenvalue weighted by molar-refractivity contribution is 6.31. The zero-order valence-corrected chi connectivity index (χ0v) is 11.5. The van der Waals surface area contributed by atoms with Gasteiger partial charge in [-0.2, -0.15) is 0 Å². The average molecular weight is 306 g/mol. The average Bonchev–Trinajstić information content (AvgIpc) is 2.80. The van der Waals surface area contributed by atoms with Gasteiger partial charge >= 0.3 is 0 Å². The summed E-state index contributed by atoms with van der Waals surface area (Å²) in [6.07, 6.45) is 0.856. The van der Waals surface area contributed by atoms with E-state index in [1.54, 1.807) is 0 Å². The number of amides is 1. The normalized spacial score (nSPS) is 17.6. The lowest BCUT2D eigenvalue weighted by Crippen LogP contribution is -2.36. The van der Waals surface area contributed by atoms with E-state index in [9.17, 15) is 14.9 Å². The molecule has 1 amide bonds. The van der Waals surface area contributed by atoms with Gasteiger partial charge in [-0.3, -0.25) is 14.9 Å². The molecular weight excluding hydrogens is 293 g/mol. The lowest BCUT2D eigenvalue weighted by Gasteiger charge is -2.11. The molecule has 8 heteroatoms. The maximum Gasteiger partial charge on any atom is 0.271 e. The number of carbonyl (C=O) groups is 1. The van der Waals surface area contributed by atoms with Crippen LogP contribution in [0.3, 0.4) is 0 Å². The molecule has 104 valence electrons. The number of nitrogens with zero attached hydrogens (tertiary/aromatic N) is 1. The molecule has 1 aliphatic heterocycles. The van der Waals surface area contributed by atoms with Crippen molar-refractivity contribution in [2.24, 2.45) is 0 Å². The van der Waals surface area contributed by atoms with Crippen molar-refractivity contribution in [2.45, 2.75) is 12.5 Å².